The van der Waals surface area contributed by atoms with Crippen LogP contribution in [0.1, 0.15) is 48.6 Å². The molecule has 0 aliphatic heterocycles. The summed E-state index contributed by atoms with van der Waals surface area (Å²) in [6.07, 6.45) is 7.67. The van der Waals surface area contributed by atoms with Crippen LogP contribution in [0.5, 0.6) is 0 Å². The second-order valence-corrected chi connectivity index (χ2v) is 8.82. The van der Waals surface area contributed by atoms with Crippen molar-refractivity contribution in [1.29, 1.82) is 0 Å². The van der Waals surface area contributed by atoms with Crippen LogP contribution in [0.3, 0.4) is 0 Å². The van der Waals surface area contributed by atoms with E-state index in [0.717, 1.165) is 40.1 Å². The average molecular weight is 489 g/mol. The summed E-state index contributed by atoms with van der Waals surface area (Å²) in [5.74, 6) is 12.5. The number of hydrogen-bond acceptors (Lipinski definition) is 6. The Labute approximate surface area is 210 Å². The lowest BCUT2D eigenvalue weighted by molar-refractivity contribution is 0.800. The van der Waals surface area contributed by atoms with Crippen molar-refractivity contribution in [3.8, 4) is 11.3 Å². The molecule has 0 aliphatic carbocycles. The van der Waals surface area contributed by atoms with Crippen molar-refractivity contribution in [2.75, 3.05) is 6.54 Å². The third kappa shape index (κ3) is 7.08. The Balaban J connectivity index is 1.87. The number of aromatic nitrogens is 1. The number of aliphatic imine (C=N–C) groups is 2. The number of nitrogens with two attached hydrogens (primary N) is 3. The zero-order valence-electron chi connectivity index (χ0n) is 20.1. The zero-order valence-corrected chi connectivity index (χ0v) is 20.9. The number of unbranched alkanes of at least 4 members (excludes halogenated alkanes) is 1. The molecule has 0 aliphatic rings. The van der Waals surface area contributed by atoms with E-state index >= 15 is 0 Å². The van der Waals surface area contributed by atoms with E-state index in [2.05, 4.69) is 29.4 Å². The number of hydrogen-bond donors (Lipinski definition) is 4. The molecule has 3 rings (SSSR count). The molecule has 0 saturated heterocycles. The molecule has 2 aromatic heterocycles. The van der Waals surface area contributed by atoms with Gasteiger partial charge in [0, 0.05) is 34.7 Å². The second-order valence-electron chi connectivity index (χ2n) is 7.84. The van der Waals surface area contributed by atoms with Gasteiger partial charge in [-0.15, -0.1) is 11.3 Å². The van der Waals surface area contributed by atoms with E-state index in [1.807, 2.05) is 72.3 Å². The highest BCUT2D eigenvalue weighted by Crippen LogP contribution is 2.25. The first-order valence-electron chi connectivity index (χ1n) is 11.5. The smallest absolute Gasteiger partial charge is 0.167 e. The monoisotopic (exact) mass is 488 g/mol. The molecule has 0 spiro atoms. The van der Waals surface area contributed by atoms with Crippen molar-refractivity contribution in [2.45, 2.75) is 32.6 Å². The molecule has 9 heteroatoms. The number of rotatable bonds is 9. The number of hydrazine groups is 1. The highest BCUT2D eigenvalue weighted by molar-refractivity contribution is 7.10. The zero-order chi connectivity index (χ0) is 25.0. The van der Waals surface area contributed by atoms with Gasteiger partial charge in [-0.05, 0) is 41.6 Å². The van der Waals surface area contributed by atoms with Gasteiger partial charge in [-0.3, -0.25) is 9.98 Å². The van der Waals surface area contributed by atoms with Crippen molar-refractivity contribution in [2.24, 2.45) is 32.5 Å². The third-order valence-corrected chi connectivity index (χ3v) is 6.23. The summed E-state index contributed by atoms with van der Waals surface area (Å²) in [5, 5.41) is 5.76. The molecule has 0 radical (unpaired) electrons. The van der Waals surface area contributed by atoms with Crippen LogP contribution in [0.25, 0.3) is 17.3 Å². The summed E-state index contributed by atoms with van der Waals surface area (Å²) in [7, 11) is 0. The lowest BCUT2D eigenvalue weighted by atomic mass is 9.99. The van der Waals surface area contributed by atoms with Crippen LogP contribution in [0, 0.1) is 0 Å². The van der Waals surface area contributed by atoms with Crippen LogP contribution >= 0.6 is 11.3 Å². The van der Waals surface area contributed by atoms with Crippen molar-refractivity contribution in [1.82, 2.24) is 10.4 Å². The van der Waals surface area contributed by atoms with E-state index in [1.165, 1.54) is 0 Å². The Hall–Kier alpha value is -3.82. The Morgan fingerprint density at radius 1 is 1.17 bits per heavy atom. The van der Waals surface area contributed by atoms with Crippen LogP contribution in [0.15, 0.2) is 81.3 Å². The second kappa shape index (κ2) is 13.2. The maximum absolute atomic E-state index is 6.22. The normalized spacial score (nSPS) is 13.9. The van der Waals surface area contributed by atoms with E-state index in [-0.39, 0.29) is 5.92 Å². The van der Waals surface area contributed by atoms with Crippen molar-refractivity contribution in [3.05, 3.63) is 82.2 Å². The van der Waals surface area contributed by atoms with Gasteiger partial charge >= 0.3 is 0 Å². The fourth-order valence-corrected chi connectivity index (χ4v) is 4.03. The maximum atomic E-state index is 6.22. The molecule has 7 N–H and O–H groups in total. The Morgan fingerprint density at radius 2 is 2.00 bits per heavy atom. The number of amidine groups is 3. The van der Waals surface area contributed by atoms with E-state index in [1.54, 1.807) is 11.3 Å². The molecule has 0 bridgehead atoms. The third-order valence-electron chi connectivity index (χ3n) is 5.39. The molecule has 1 aromatic carbocycles. The predicted molar refractivity (Wildman–Crippen MR) is 148 cm³/mol. The average Bonchev–Trinajstić information content (AvgIpc) is 3.42. The number of pyridine rings is 1. The first-order chi connectivity index (χ1) is 17.1. The summed E-state index contributed by atoms with van der Waals surface area (Å²) in [4.78, 5) is 15.2. The number of hydrazone groups is 1. The summed E-state index contributed by atoms with van der Waals surface area (Å²) in [6, 6.07) is 15.7. The summed E-state index contributed by atoms with van der Waals surface area (Å²) in [5.41, 5.74) is 12.2. The van der Waals surface area contributed by atoms with Crippen LogP contribution in [0.2, 0.25) is 0 Å². The lowest BCUT2D eigenvalue weighted by Crippen LogP contribution is -2.32. The molecule has 2 heterocycles. The topological polar surface area (TPSA) is 140 Å². The van der Waals surface area contributed by atoms with Crippen molar-refractivity contribution >= 4 is 34.9 Å². The van der Waals surface area contributed by atoms with Gasteiger partial charge in [0.1, 0.15) is 11.7 Å². The fraction of sp³-hybridized carbons (Fsp3) is 0.231. The number of benzene rings is 1. The molecule has 182 valence electrons. The molecule has 0 fully saturated rings. The van der Waals surface area contributed by atoms with Gasteiger partial charge in [-0.25, -0.2) is 10.8 Å². The summed E-state index contributed by atoms with van der Waals surface area (Å²) < 4.78 is 0. The molecule has 1 unspecified atom stereocenters. The SMILES string of the molecule is CCCCN=C(N=C(N)/C=C/c1cccs1)C(C)c1ccc(-c2ccccc2/C(=N/N)NN)nc1. The molecular formula is C26H32N8S. The van der Waals surface area contributed by atoms with Crippen molar-refractivity contribution < 1.29 is 0 Å². The van der Waals surface area contributed by atoms with Crippen LogP contribution in [-0.4, -0.2) is 29.0 Å². The summed E-state index contributed by atoms with van der Waals surface area (Å²) >= 11 is 1.65. The Morgan fingerprint density at radius 3 is 2.66 bits per heavy atom. The predicted octanol–water partition coefficient (Wildman–Crippen LogP) is 4.27. The molecule has 0 amide bonds. The van der Waals surface area contributed by atoms with Gasteiger partial charge in [0.25, 0.3) is 0 Å². The highest BCUT2D eigenvalue weighted by atomic mass is 32.1. The minimum absolute atomic E-state index is 0.0794. The first-order valence-corrected chi connectivity index (χ1v) is 12.4. The maximum Gasteiger partial charge on any atom is 0.167 e. The molecule has 35 heavy (non-hydrogen) atoms. The minimum Gasteiger partial charge on any atom is -0.384 e. The van der Waals surface area contributed by atoms with E-state index < -0.39 is 0 Å². The van der Waals surface area contributed by atoms with Crippen molar-refractivity contribution in [3.63, 3.8) is 0 Å². The van der Waals surface area contributed by atoms with Gasteiger partial charge in [-0.2, -0.15) is 5.10 Å². The number of thiophene rings is 1. The lowest BCUT2D eigenvalue weighted by Gasteiger charge is -2.14. The number of nitrogens with one attached hydrogen (secondary N) is 1. The molecule has 1 atom stereocenters. The van der Waals surface area contributed by atoms with E-state index in [4.69, 9.17) is 27.4 Å². The van der Waals surface area contributed by atoms with E-state index in [9.17, 15) is 0 Å². The Bertz CT molecular complexity index is 1190. The first kappa shape index (κ1) is 25.8. The quantitative estimate of drug-likeness (QED) is 0.117. The van der Waals surface area contributed by atoms with Crippen LogP contribution in [0.4, 0.5) is 0 Å². The molecule has 8 nitrogen and oxygen atoms in total. The van der Waals surface area contributed by atoms with Crippen LogP contribution in [-0.2, 0) is 0 Å². The molecular weight excluding hydrogens is 456 g/mol. The minimum atomic E-state index is -0.0794. The largest absolute Gasteiger partial charge is 0.384 e. The van der Waals surface area contributed by atoms with Gasteiger partial charge in [-0.1, -0.05) is 56.7 Å². The van der Waals surface area contributed by atoms with Gasteiger partial charge in [0.15, 0.2) is 5.84 Å². The van der Waals surface area contributed by atoms with E-state index in [0.29, 0.717) is 24.1 Å². The summed E-state index contributed by atoms with van der Waals surface area (Å²) in [6.45, 7) is 4.90. The number of nitrogens with zero attached hydrogens (tertiary/aromatic N) is 4. The highest BCUT2D eigenvalue weighted by Gasteiger charge is 2.15. The van der Waals surface area contributed by atoms with Gasteiger partial charge in [0.2, 0.25) is 0 Å². The Kier molecular flexibility index (Phi) is 9.70. The fourth-order valence-electron chi connectivity index (χ4n) is 3.41. The standard InChI is InChI=1S/C26H32N8S/c1-3-4-15-30-25(32-24(27)14-12-20-8-7-16-35-20)18(2)19-11-13-23(31-17-19)21-9-5-6-10-22(21)26(33-28)34-29/h5-14,16-18H,3-4,15,28-29H2,1-2H3,(H,33,34)(H2,27,30,32)/b14-12+. The van der Waals surface area contributed by atoms with Gasteiger partial charge in [0.05, 0.1) is 5.69 Å². The molecule has 0 saturated carbocycles. The van der Waals surface area contributed by atoms with Gasteiger partial charge < -0.3 is 17.0 Å². The van der Waals surface area contributed by atoms with Crippen LogP contribution < -0.4 is 22.8 Å². The molecule has 3 aromatic rings.